The van der Waals surface area contributed by atoms with Gasteiger partial charge in [-0.25, -0.2) is 4.79 Å². The molecule has 4 nitrogen and oxygen atoms in total. The largest absolute Gasteiger partial charge is 0.393 e. The summed E-state index contributed by atoms with van der Waals surface area (Å²) in [6, 6.07) is 0. The Balaban J connectivity index is 2.83. The van der Waals surface area contributed by atoms with Crippen molar-refractivity contribution in [3.05, 3.63) is 0 Å². The van der Waals surface area contributed by atoms with Crippen LogP contribution in [-0.2, 0) is 9.63 Å². The van der Waals surface area contributed by atoms with Gasteiger partial charge in [0.2, 0.25) is 0 Å². The monoisotopic (exact) mass is 103 g/mol. The molecule has 0 bridgehead atoms. The molecule has 0 aromatic heterocycles. The number of nitrogens with zero attached hydrogens (tertiary/aromatic N) is 1. The molecule has 1 N–H and O–H groups in total. The van der Waals surface area contributed by atoms with E-state index < -0.39 is 0 Å². The fraction of sp³-hybridized carbons (Fsp3) is 0.667. The third-order valence-electron chi connectivity index (χ3n) is 0.284. The van der Waals surface area contributed by atoms with Crippen LogP contribution >= 0.6 is 0 Å². The second-order valence-electron chi connectivity index (χ2n) is 0.739. The molecule has 0 aliphatic rings. The zero-order valence-electron chi connectivity index (χ0n) is 3.63. The van der Waals surface area contributed by atoms with Crippen molar-refractivity contribution in [2.45, 2.75) is 0 Å². The van der Waals surface area contributed by atoms with Crippen LogP contribution in [0.4, 0.5) is 0 Å². The van der Waals surface area contributed by atoms with Crippen molar-refractivity contribution < 1.29 is 14.7 Å². The van der Waals surface area contributed by atoms with Crippen LogP contribution in [0.1, 0.15) is 0 Å². The highest BCUT2D eigenvalue weighted by Gasteiger charge is 1.73. The normalized spacial score (nSPS) is 7.00. The average molecular weight is 103 g/mol. The SMILES string of the molecule is O=C=NOCCO. The van der Waals surface area contributed by atoms with E-state index in [1.54, 1.807) is 0 Å². The summed E-state index contributed by atoms with van der Waals surface area (Å²) in [5, 5.41) is 10.7. The van der Waals surface area contributed by atoms with E-state index in [1.165, 1.54) is 0 Å². The van der Waals surface area contributed by atoms with Crippen LogP contribution in [0, 0.1) is 0 Å². The molecule has 0 aliphatic heterocycles. The lowest BCUT2D eigenvalue weighted by molar-refractivity contribution is 0.0983. The van der Waals surface area contributed by atoms with E-state index in [1.807, 2.05) is 0 Å². The molecule has 0 unspecified atom stereocenters. The van der Waals surface area contributed by atoms with Gasteiger partial charge in [-0.2, -0.15) is 0 Å². The Kier molecular flexibility index (Phi) is 4.51. The van der Waals surface area contributed by atoms with E-state index in [0.717, 1.165) is 6.08 Å². The zero-order chi connectivity index (χ0) is 5.54. The summed E-state index contributed by atoms with van der Waals surface area (Å²) in [6.45, 7) is -0.0829. The lowest BCUT2D eigenvalue weighted by Gasteiger charge is -1.85. The molecule has 0 aromatic rings. The summed E-state index contributed by atoms with van der Waals surface area (Å²) in [5.74, 6) is 0. The summed E-state index contributed by atoms with van der Waals surface area (Å²) < 4.78 is 0. The van der Waals surface area contributed by atoms with Crippen LogP contribution in [-0.4, -0.2) is 24.4 Å². The maximum absolute atomic E-state index is 9.18. The number of isocyanates is 1. The standard InChI is InChI=1S/C3H5NO3/c5-1-2-7-4-3-6/h5H,1-2H2. The average Bonchev–Trinajstić information content (AvgIpc) is 1.69. The van der Waals surface area contributed by atoms with Gasteiger partial charge in [0.05, 0.1) is 6.61 Å². The maximum atomic E-state index is 9.18. The molecule has 0 fully saturated rings. The third-order valence-corrected chi connectivity index (χ3v) is 0.284. The zero-order valence-corrected chi connectivity index (χ0v) is 3.63. The smallest absolute Gasteiger partial charge is 0.276 e. The molecule has 0 radical (unpaired) electrons. The highest BCUT2D eigenvalue weighted by atomic mass is 16.6. The van der Waals surface area contributed by atoms with Crippen molar-refractivity contribution >= 4 is 6.08 Å². The lowest BCUT2D eigenvalue weighted by Crippen LogP contribution is -1.91. The van der Waals surface area contributed by atoms with E-state index in [9.17, 15) is 4.79 Å². The fourth-order valence-electron chi connectivity index (χ4n) is 0.113. The highest BCUT2D eigenvalue weighted by molar-refractivity contribution is 5.31. The van der Waals surface area contributed by atoms with Crippen molar-refractivity contribution in [3.8, 4) is 0 Å². The van der Waals surface area contributed by atoms with Gasteiger partial charge in [0.25, 0.3) is 6.08 Å². The van der Waals surface area contributed by atoms with Crippen molar-refractivity contribution in [1.82, 2.24) is 0 Å². The number of hydrogen-bond acceptors (Lipinski definition) is 4. The van der Waals surface area contributed by atoms with E-state index in [0.29, 0.717) is 0 Å². The molecular weight excluding hydrogens is 98.0 g/mol. The molecule has 0 saturated heterocycles. The number of carbonyl (C=O) groups excluding carboxylic acids is 1. The van der Waals surface area contributed by atoms with Crippen LogP contribution in [0.2, 0.25) is 0 Å². The number of aliphatic hydroxyl groups excluding tert-OH is 1. The van der Waals surface area contributed by atoms with Crippen molar-refractivity contribution in [2.75, 3.05) is 13.2 Å². The minimum absolute atomic E-state index is 0.0508. The van der Waals surface area contributed by atoms with Gasteiger partial charge in [0.1, 0.15) is 6.61 Å². The Labute approximate surface area is 40.4 Å². The Bertz CT molecular complexity index is 76.2. The maximum Gasteiger partial charge on any atom is 0.276 e. The van der Waals surface area contributed by atoms with Gasteiger partial charge in [-0.15, -0.1) is 0 Å². The van der Waals surface area contributed by atoms with Crippen molar-refractivity contribution in [1.29, 1.82) is 0 Å². The molecule has 4 heteroatoms. The van der Waals surface area contributed by atoms with Crippen LogP contribution in [0.5, 0.6) is 0 Å². The van der Waals surface area contributed by atoms with E-state index in [2.05, 4.69) is 9.99 Å². The first-order chi connectivity index (χ1) is 3.41. The Morgan fingerprint density at radius 3 is 3.00 bits per heavy atom. The van der Waals surface area contributed by atoms with E-state index >= 15 is 0 Å². The first kappa shape index (κ1) is 6.14. The van der Waals surface area contributed by atoms with Gasteiger partial charge in [-0.3, -0.25) is 0 Å². The van der Waals surface area contributed by atoms with Gasteiger partial charge >= 0.3 is 0 Å². The summed E-state index contributed by atoms with van der Waals surface area (Å²) in [4.78, 5) is 13.3. The van der Waals surface area contributed by atoms with Crippen LogP contribution in [0.3, 0.4) is 0 Å². The molecule has 0 spiro atoms. The number of rotatable bonds is 3. The molecule has 0 amide bonds. The summed E-state index contributed by atoms with van der Waals surface area (Å²) in [6.07, 6.45) is 1.14. The molecule has 0 saturated carbocycles. The summed E-state index contributed by atoms with van der Waals surface area (Å²) in [7, 11) is 0. The predicted octanol–water partition coefficient (Wildman–Crippen LogP) is -0.754. The minimum Gasteiger partial charge on any atom is -0.393 e. The molecule has 0 atom stereocenters. The molecular formula is C3H5NO3. The van der Waals surface area contributed by atoms with Gasteiger partial charge < -0.3 is 9.94 Å². The van der Waals surface area contributed by atoms with Crippen LogP contribution in [0.25, 0.3) is 0 Å². The number of hydrogen-bond donors (Lipinski definition) is 1. The fourth-order valence-corrected chi connectivity index (χ4v) is 0.113. The van der Waals surface area contributed by atoms with E-state index in [-0.39, 0.29) is 13.2 Å². The van der Waals surface area contributed by atoms with Gasteiger partial charge in [0.15, 0.2) is 0 Å². The Morgan fingerprint density at radius 2 is 2.57 bits per heavy atom. The molecule has 0 heterocycles. The summed E-state index contributed by atoms with van der Waals surface area (Å²) in [5.41, 5.74) is 0. The molecule has 0 aromatic carbocycles. The van der Waals surface area contributed by atoms with Crippen molar-refractivity contribution in [2.24, 2.45) is 5.16 Å². The Morgan fingerprint density at radius 1 is 1.86 bits per heavy atom. The number of aliphatic hydroxyl groups is 1. The Hall–Kier alpha value is -0.860. The van der Waals surface area contributed by atoms with Gasteiger partial charge in [0, 0.05) is 5.16 Å². The lowest BCUT2D eigenvalue weighted by atomic mass is 10.8. The predicted molar refractivity (Wildman–Crippen MR) is 21.2 cm³/mol. The first-order valence-corrected chi connectivity index (χ1v) is 1.72. The highest BCUT2D eigenvalue weighted by Crippen LogP contribution is 1.67. The van der Waals surface area contributed by atoms with Crippen LogP contribution in [0.15, 0.2) is 5.16 Å². The van der Waals surface area contributed by atoms with Gasteiger partial charge in [-0.1, -0.05) is 0 Å². The van der Waals surface area contributed by atoms with Crippen molar-refractivity contribution in [3.63, 3.8) is 0 Å². The van der Waals surface area contributed by atoms with E-state index in [4.69, 9.17) is 5.11 Å². The molecule has 0 aliphatic carbocycles. The topological polar surface area (TPSA) is 58.9 Å². The molecule has 0 rings (SSSR count). The third kappa shape index (κ3) is 5.14. The van der Waals surface area contributed by atoms with Gasteiger partial charge in [-0.05, 0) is 0 Å². The first-order valence-electron chi connectivity index (χ1n) is 1.72. The quantitative estimate of drug-likeness (QED) is 0.221. The van der Waals surface area contributed by atoms with Crippen LogP contribution < -0.4 is 0 Å². The summed E-state index contributed by atoms with van der Waals surface area (Å²) >= 11 is 0. The second-order valence-corrected chi connectivity index (χ2v) is 0.739. The molecule has 40 valence electrons. The molecule has 7 heavy (non-hydrogen) atoms. The second kappa shape index (κ2) is 5.14. The minimum atomic E-state index is -0.134.